The Morgan fingerprint density at radius 1 is 1.00 bits per heavy atom. The first-order valence-corrected chi connectivity index (χ1v) is 4.20. The molecule has 3 fully saturated rings. The van der Waals surface area contributed by atoms with Crippen LogP contribution in [0.2, 0.25) is 0 Å². The zero-order chi connectivity index (χ0) is 6.55. The van der Waals surface area contributed by atoms with E-state index < -0.39 is 0 Å². The normalized spacial score (nSPS) is 57.6. The molecule has 2 heterocycles. The van der Waals surface area contributed by atoms with Crippen LogP contribution in [0.5, 0.6) is 0 Å². The highest BCUT2D eigenvalue weighted by atomic mass is 16.6. The topological polar surface area (TPSA) is 25.1 Å². The van der Waals surface area contributed by atoms with Gasteiger partial charge in [-0.1, -0.05) is 0 Å². The molecule has 0 N–H and O–H groups in total. The van der Waals surface area contributed by atoms with E-state index in [1.807, 2.05) is 0 Å². The molecule has 0 bridgehead atoms. The van der Waals surface area contributed by atoms with Gasteiger partial charge in [-0.25, -0.2) is 0 Å². The van der Waals surface area contributed by atoms with Crippen molar-refractivity contribution in [3.05, 3.63) is 0 Å². The van der Waals surface area contributed by atoms with Crippen LogP contribution in [0.15, 0.2) is 0 Å². The lowest BCUT2D eigenvalue weighted by Gasteiger charge is -2.15. The van der Waals surface area contributed by atoms with Crippen molar-refractivity contribution in [1.82, 2.24) is 0 Å². The predicted molar refractivity (Wildman–Crippen MR) is 35.7 cm³/mol. The van der Waals surface area contributed by atoms with E-state index in [4.69, 9.17) is 9.47 Å². The first-order valence-electron chi connectivity index (χ1n) is 4.20. The van der Waals surface area contributed by atoms with Crippen molar-refractivity contribution in [2.45, 2.75) is 37.6 Å². The van der Waals surface area contributed by atoms with E-state index in [9.17, 15) is 0 Å². The lowest BCUT2D eigenvalue weighted by molar-refractivity contribution is 0.279. The third-order valence-electron chi connectivity index (χ3n) is 2.93. The van der Waals surface area contributed by atoms with Crippen molar-refractivity contribution >= 4 is 0 Å². The summed E-state index contributed by atoms with van der Waals surface area (Å²) >= 11 is 0. The highest BCUT2D eigenvalue weighted by Gasteiger charge is 2.48. The van der Waals surface area contributed by atoms with Gasteiger partial charge in [0.1, 0.15) is 0 Å². The molecular weight excluding hydrogens is 128 g/mol. The average molecular weight is 140 g/mol. The third-order valence-corrected chi connectivity index (χ3v) is 2.93. The summed E-state index contributed by atoms with van der Waals surface area (Å²) in [7, 11) is 0. The van der Waals surface area contributed by atoms with Crippen molar-refractivity contribution in [2.24, 2.45) is 5.92 Å². The number of rotatable bonds is 1. The van der Waals surface area contributed by atoms with Crippen LogP contribution in [0.25, 0.3) is 0 Å². The molecule has 3 unspecified atom stereocenters. The minimum Gasteiger partial charge on any atom is -0.373 e. The smallest absolute Gasteiger partial charge is 0.0845 e. The Morgan fingerprint density at radius 2 is 1.90 bits per heavy atom. The summed E-state index contributed by atoms with van der Waals surface area (Å²) in [5.41, 5.74) is 0. The van der Waals surface area contributed by atoms with Gasteiger partial charge >= 0.3 is 0 Å². The highest BCUT2D eigenvalue weighted by molar-refractivity contribution is 4.96. The lowest BCUT2D eigenvalue weighted by atomic mass is 9.87. The summed E-state index contributed by atoms with van der Waals surface area (Å²) < 4.78 is 10.7. The second-order valence-corrected chi connectivity index (χ2v) is 3.66. The fraction of sp³-hybridized carbons (Fsp3) is 1.00. The summed E-state index contributed by atoms with van der Waals surface area (Å²) in [5.74, 6) is 0.837. The molecule has 0 aromatic rings. The maximum atomic E-state index is 5.43. The molecule has 2 saturated heterocycles. The first kappa shape index (κ1) is 5.56. The van der Waals surface area contributed by atoms with Crippen LogP contribution in [-0.2, 0) is 9.47 Å². The molecule has 0 amide bonds. The minimum atomic E-state index is 0.616. The second kappa shape index (κ2) is 1.74. The van der Waals surface area contributed by atoms with Crippen LogP contribution in [-0.4, -0.2) is 24.9 Å². The maximum Gasteiger partial charge on any atom is 0.0845 e. The monoisotopic (exact) mass is 140 g/mol. The van der Waals surface area contributed by atoms with Crippen LogP contribution < -0.4 is 0 Å². The second-order valence-electron chi connectivity index (χ2n) is 3.66. The molecule has 10 heavy (non-hydrogen) atoms. The Bertz CT molecular complexity index is 153. The fourth-order valence-corrected chi connectivity index (χ4v) is 2.10. The van der Waals surface area contributed by atoms with Gasteiger partial charge in [-0.3, -0.25) is 0 Å². The molecule has 3 rings (SSSR count). The van der Waals surface area contributed by atoms with Crippen molar-refractivity contribution in [3.8, 4) is 0 Å². The minimum absolute atomic E-state index is 0.616. The maximum absolute atomic E-state index is 5.43. The first-order chi connectivity index (χ1) is 4.93. The molecule has 0 spiro atoms. The van der Waals surface area contributed by atoms with Crippen LogP contribution in [0.1, 0.15) is 19.3 Å². The van der Waals surface area contributed by atoms with Crippen LogP contribution in [0, 0.1) is 5.92 Å². The standard InChI is InChI=1S/C8H12O2/c1-2-6-7(10-6)3-5(1)8-4-9-8/h5-8H,1-4H2/t5-,6?,7?,8?/m1/s1. The molecule has 56 valence electrons. The number of hydrogen-bond donors (Lipinski definition) is 0. The van der Waals surface area contributed by atoms with E-state index in [1.54, 1.807) is 0 Å². The number of ether oxygens (including phenoxy) is 2. The number of hydrogen-bond acceptors (Lipinski definition) is 2. The van der Waals surface area contributed by atoms with Gasteiger partial charge in [0.15, 0.2) is 0 Å². The van der Waals surface area contributed by atoms with Gasteiger partial charge in [-0.15, -0.1) is 0 Å². The SMILES string of the molecule is C1C[C@@H](C2CO2)CC2OC12. The lowest BCUT2D eigenvalue weighted by Crippen LogP contribution is -2.17. The average Bonchev–Trinajstić information content (AvgIpc) is 2.83. The molecule has 2 aliphatic heterocycles. The van der Waals surface area contributed by atoms with Gasteiger partial charge in [0.2, 0.25) is 0 Å². The van der Waals surface area contributed by atoms with Gasteiger partial charge in [0, 0.05) is 0 Å². The Hall–Kier alpha value is -0.0800. The van der Waals surface area contributed by atoms with Crippen LogP contribution in [0.4, 0.5) is 0 Å². The van der Waals surface area contributed by atoms with Crippen molar-refractivity contribution in [2.75, 3.05) is 6.61 Å². The van der Waals surface area contributed by atoms with E-state index >= 15 is 0 Å². The quantitative estimate of drug-likeness (QED) is 0.507. The molecule has 2 nitrogen and oxygen atoms in total. The van der Waals surface area contributed by atoms with Gasteiger partial charge in [-0.05, 0) is 25.2 Å². The van der Waals surface area contributed by atoms with Crippen molar-refractivity contribution in [1.29, 1.82) is 0 Å². The van der Waals surface area contributed by atoms with E-state index in [0.717, 1.165) is 12.5 Å². The molecule has 4 atom stereocenters. The summed E-state index contributed by atoms with van der Waals surface area (Å²) in [4.78, 5) is 0. The number of fused-ring (bicyclic) bond motifs is 1. The Balaban J connectivity index is 1.65. The summed E-state index contributed by atoms with van der Waals surface area (Å²) in [5, 5.41) is 0. The molecule has 0 aromatic heterocycles. The molecule has 1 saturated carbocycles. The van der Waals surface area contributed by atoms with Gasteiger partial charge in [0.25, 0.3) is 0 Å². The number of epoxide rings is 2. The Kier molecular flexibility index (Phi) is 0.968. The van der Waals surface area contributed by atoms with Gasteiger partial charge in [0.05, 0.1) is 24.9 Å². The fourth-order valence-electron chi connectivity index (χ4n) is 2.10. The van der Waals surface area contributed by atoms with Crippen molar-refractivity contribution in [3.63, 3.8) is 0 Å². The third kappa shape index (κ3) is 0.789. The van der Waals surface area contributed by atoms with Crippen molar-refractivity contribution < 1.29 is 9.47 Å². The Labute approximate surface area is 60.5 Å². The molecule has 3 aliphatic rings. The summed E-state index contributed by atoms with van der Waals surface area (Å²) in [6.07, 6.45) is 5.79. The summed E-state index contributed by atoms with van der Waals surface area (Å²) in [6.45, 7) is 1.02. The molecular formula is C8H12O2. The van der Waals surface area contributed by atoms with Crippen LogP contribution in [0.3, 0.4) is 0 Å². The van der Waals surface area contributed by atoms with E-state index in [0.29, 0.717) is 18.3 Å². The van der Waals surface area contributed by atoms with Gasteiger partial charge in [-0.2, -0.15) is 0 Å². The zero-order valence-corrected chi connectivity index (χ0v) is 5.95. The molecule has 2 heteroatoms. The van der Waals surface area contributed by atoms with E-state index in [1.165, 1.54) is 19.3 Å². The Morgan fingerprint density at radius 3 is 2.60 bits per heavy atom. The molecule has 0 radical (unpaired) electrons. The highest BCUT2D eigenvalue weighted by Crippen LogP contribution is 2.43. The summed E-state index contributed by atoms with van der Waals surface area (Å²) in [6, 6.07) is 0. The van der Waals surface area contributed by atoms with Crippen LogP contribution >= 0.6 is 0 Å². The van der Waals surface area contributed by atoms with E-state index in [2.05, 4.69) is 0 Å². The van der Waals surface area contributed by atoms with Gasteiger partial charge < -0.3 is 9.47 Å². The zero-order valence-electron chi connectivity index (χ0n) is 5.95. The predicted octanol–water partition coefficient (Wildman–Crippen LogP) is 0.953. The largest absolute Gasteiger partial charge is 0.373 e. The molecule has 0 aromatic carbocycles. The molecule has 1 aliphatic carbocycles. The van der Waals surface area contributed by atoms with E-state index in [-0.39, 0.29) is 0 Å².